The molecule has 1 fully saturated rings. The molecule has 1 saturated heterocycles. The molecule has 144 valence electrons. The fourth-order valence-corrected chi connectivity index (χ4v) is 3.35. The first-order chi connectivity index (χ1) is 13.5. The number of hydrogen-bond acceptors (Lipinski definition) is 6. The Hall–Kier alpha value is -3.26. The predicted molar refractivity (Wildman–Crippen MR) is 108 cm³/mol. The number of amides is 1. The van der Waals surface area contributed by atoms with Gasteiger partial charge in [-0.05, 0) is 60.7 Å². The van der Waals surface area contributed by atoms with E-state index in [1.165, 1.54) is 23.9 Å². The van der Waals surface area contributed by atoms with Gasteiger partial charge in [0.1, 0.15) is 0 Å². The Morgan fingerprint density at radius 1 is 1.25 bits per heavy atom. The van der Waals surface area contributed by atoms with E-state index in [0.29, 0.717) is 33.9 Å². The second-order valence-electron chi connectivity index (χ2n) is 5.68. The highest BCUT2D eigenvalue weighted by atomic mass is 32.2. The second-order valence-corrected chi connectivity index (χ2v) is 6.71. The summed E-state index contributed by atoms with van der Waals surface area (Å²) in [7, 11) is 1.57. The molecule has 0 bridgehead atoms. The quantitative estimate of drug-likeness (QED) is 0.721. The smallest absolute Gasteiger partial charge is 0.335 e. The number of ether oxygens (including phenoxy) is 2. The zero-order chi connectivity index (χ0) is 20.1. The molecule has 0 spiro atoms. The molecule has 1 aliphatic rings. The van der Waals surface area contributed by atoms with E-state index in [1.807, 2.05) is 13.0 Å². The third kappa shape index (κ3) is 4.52. The first-order valence-corrected chi connectivity index (χ1v) is 9.25. The molecule has 2 aromatic rings. The van der Waals surface area contributed by atoms with Crippen LogP contribution in [0.4, 0.5) is 5.69 Å². The SMILES string of the molecule is CCOc1cc(/C=C2/SC(=Nc3cccc(C(=O)O)c3)NC2=O)ccc1OC. The molecule has 28 heavy (non-hydrogen) atoms. The standard InChI is InChI=1S/C20H18N2O5S/c1-3-27-16-9-12(7-8-15(16)26-2)10-17-18(23)22-20(28-17)21-14-6-4-5-13(11-14)19(24)25/h4-11H,3H2,1-2H3,(H,24,25)(H,21,22,23)/b17-10+. The number of carbonyl (C=O) groups excluding carboxylic acids is 1. The van der Waals surface area contributed by atoms with Crippen molar-refractivity contribution in [1.82, 2.24) is 5.32 Å². The van der Waals surface area contributed by atoms with Gasteiger partial charge in [0.15, 0.2) is 16.7 Å². The third-order valence-corrected chi connectivity index (χ3v) is 4.67. The topological polar surface area (TPSA) is 97.2 Å². The van der Waals surface area contributed by atoms with Crippen molar-refractivity contribution in [1.29, 1.82) is 0 Å². The second kappa shape index (κ2) is 8.62. The van der Waals surface area contributed by atoms with Crippen molar-refractivity contribution in [3.63, 3.8) is 0 Å². The monoisotopic (exact) mass is 398 g/mol. The van der Waals surface area contributed by atoms with E-state index in [4.69, 9.17) is 14.6 Å². The molecule has 0 aliphatic carbocycles. The number of carbonyl (C=O) groups is 2. The van der Waals surface area contributed by atoms with Crippen LogP contribution >= 0.6 is 11.8 Å². The summed E-state index contributed by atoms with van der Waals surface area (Å²) in [5, 5.41) is 12.1. The minimum absolute atomic E-state index is 0.133. The lowest BCUT2D eigenvalue weighted by molar-refractivity contribution is -0.115. The Kier molecular flexibility index (Phi) is 6.00. The fraction of sp³-hybridized carbons (Fsp3) is 0.150. The Labute approximate surface area is 166 Å². The average molecular weight is 398 g/mol. The van der Waals surface area contributed by atoms with Gasteiger partial charge in [-0.25, -0.2) is 9.79 Å². The molecule has 8 heteroatoms. The van der Waals surface area contributed by atoms with Gasteiger partial charge in [-0.2, -0.15) is 0 Å². The molecule has 0 saturated carbocycles. The van der Waals surface area contributed by atoms with Gasteiger partial charge in [0.2, 0.25) is 0 Å². The normalized spacial score (nSPS) is 16.3. The lowest BCUT2D eigenvalue weighted by Crippen LogP contribution is -2.19. The Morgan fingerprint density at radius 2 is 2.07 bits per heavy atom. The van der Waals surface area contributed by atoms with Crippen molar-refractivity contribution in [2.24, 2.45) is 4.99 Å². The summed E-state index contributed by atoms with van der Waals surface area (Å²) in [6.45, 7) is 2.38. The summed E-state index contributed by atoms with van der Waals surface area (Å²) < 4.78 is 10.8. The largest absolute Gasteiger partial charge is 0.493 e. The Balaban J connectivity index is 1.83. The summed E-state index contributed by atoms with van der Waals surface area (Å²) in [5.41, 5.74) is 1.37. The molecular formula is C20H18N2O5S. The maximum Gasteiger partial charge on any atom is 0.335 e. The van der Waals surface area contributed by atoms with Gasteiger partial charge < -0.3 is 19.9 Å². The number of nitrogens with one attached hydrogen (secondary N) is 1. The van der Waals surface area contributed by atoms with E-state index in [2.05, 4.69) is 10.3 Å². The molecule has 0 radical (unpaired) electrons. The number of methoxy groups -OCH3 is 1. The number of thioether (sulfide) groups is 1. The zero-order valence-electron chi connectivity index (χ0n) is 15.3. The maximum absolute atomic E-state index is 12.3. The summed E-state index contributed by atoms with van der Waals surface area (Å²) >= 11 is 1.18. The lowest BCUT2D eigenvalue weighted by Gasteiger charge is -2.09. The van der Waals surface area contributed by atoms with Gasteiger partial charge in [-0.15, -0.1) is 0 Å². The molecule has 2 N–H and O–H groups in total. The van der Waals surface area contributed by atoms with E-state index in [1.54, 1.807) is 37.5 Å². The number of aliphatic imine (C=N–C) groups is 1. The minimum atomic E-state index is -1.03. The average Bonchev–Trinajstić information content (AvgIpc) is 3.01. The summed E-state index contributed by atoms with van der Waals surface area (Å²) in [5.74, 6) is -0.0857. The molecule has 0 unspecified atom stereocenters. The van der Waals surface area contributed by atoms with Crippen molar-refractivity contribution in [3.8, 4) is 11.5 Å². The summed E-state index contributed by atoms with van der Waals surface area (Å²) in [4.78, 5) is 28.1. The minimum Gasteiger partial charge on any atom is -0.493 e. The number of carboxylic acid groups (broad SMARTS) is 1. The third-order valence-electron chi connectivity index (χ3n) is 3.76. The number of amidine groups is 1. The molecule has 2 aromatic carbocycles. The van der Waals surface area contributed by atoms with Crippen molar-refractivity contribution >= 4 is 40.6 Å². The summed E-state index contributed by atoms with van der Waals surface area (Å²) in [6, 6.07) is 11.6. The van der Waals surface area contributed by atoms with Gasteiger partial charge in [-0.3, -0.25) is 4.79 Å². The highest BCUT2D eigenvalue weighted by Crippen LogP contribution is 2.32. The van der Waals surface area contributed by atoms with Crippen LogP contribution in [0.1, 0.15) is 22.8 Å². The summed E-state index contributed by atoms with van der Waals surface area (Å²) in [6.07, 6.45) is 1.73. The van der Waals surface area contributed by atoms with E-state index in [9.17, 15) is 9.59 Å². The molecular weight excluding hydrogens is 380 g/mol. The van der Waals surface area contributed by atoms with E-state index in [-0.39, 0.29) is 11.5 Å². The predicted octanol–water partition coefficient (Wildman–Crippen LogP) is 3.68. The number of nitrogens with zero attached hydrogens (tertiary/aromatic N) is 1. The van der Waals surface area contributed by atoms with Crippen LogP contribution in [0.15, 0.2) is 52.4 Å². The Bertz CT molecular complexity index is 984. The molecule has 0 aromatic heterocycles. The zero-order valence-corrected chi connectivity index (χ0v) is 16.1. The van der Waals surface area contributed by atoms with Crippen molar-refractivity contribution < 1.29 is 24.2 Å². The number of benzene rings is 2. The molecule has 1 aliphatic heterocycles. The lowest BCUT2D eigenvalue weighted by atomic mass is 10.2. The van der Waals surface area contributed by atoms with Crippen LogP contribution in [0.3, 0.4) is 0 Å². The van der Waals surface area contributed by atoms with E-state index in [0.717, 1.165) is 5.56 Å². The molecule has 0 atom stereocenters. The van der Waals surface area contributed by atoms with Crippen molar-refractivity contribution in [2.45, 2.75) is 6.92 Å². The van der Waals surface area contributed by atoms with Crippen LogP contribution in [0.5, 0.6) is 11.5 Å². The van der Waals surface area contributed by atoms with Gasteiger partial charge in [-0.1, -0.05) is 12.1 Å². The highest BCUT2D eigenvalue weighted by Gasteiger charge is 2.24. The van der Waals surface area contributed by atoms with Crippen LogP contribution in [0.2, 0.25) is 0 Å². The van der Waals surface area contributed by atoms with Crippen LogP contribution in [-0.2, 0) is 4.79 Å². The highest BCUT2D eigenvalue weighted by molar-refractivity contribution is 8.18. The van der Waals surface area contributed by atoms with E-state index < -0.39 is 5.97 Å². The van der Waals surface area contributed by atoms with E-state index >= 15 is 0 Å². The van der Waals surface area contributed by atoms with Crippen LogP contribution in [0, 0.1) is 0 Å². The first kappa shape index (κ1) is 19.5. The van der Waals surface area contributed by atoms with Gasteiger partial charge in [0, 0.05) is 0 Å². The van der Waals surface area contributed by atoms with Crippen LogP contribution in [0.25, 0.3) is 6.08 Å². The molecule has 3 rings (SSSR count). The molecule has 7 nitrogen and oxygen atoms in total. The van der Waals surface area contributed by atoms with Crippen molar-refractivity contribution in [2.75, 3.05) is 13.7 Å². The van der Waals surface area contributed by atoms with Gasteiger partial charge in [0.05, 0.1) is 29.9 Å². The first-order valence-electron chi connectivity index (χ1n) is 8.44. The number of rotatable bonds is 6. The number of carboxylic acids is 1. The molecule has 1 heterocycles. The van der Waals surface area contributed by atoms with Crippen LogP contribution < -0.4 is 14.8 Å². The van der Waals surface area contributed by atoms with Crippen LogP contribution in [-0.4, -0.2) is 35.9 Å². The van der Waals surface area contributed by atoms with Crippen molar-refractivity contribution in [3.05, 3.63) is 58.5 Å². The molecule has 1 amide bonds. The number of aromatic carboxylic acids is 1. The van der Waals surface area contributed by atoms with Gasteiger partial charge in [0.25, 0.3) is 5.91 Å². The maximum atomic E-state index is 12.3. The fourth-order valence-electron chi connectivity index (χ4n) is 2.51. The number of hydrogen-bond donors (Lipinski definition) is 2. The Morgan fingerprint density at radius 3 is 2.79 bits per heavy atom. The van der Waals surface area contributed by atoms with Gasteiger partial charge >= 0.3 is 5.97 Å².